The van der Waals surface area contributed by atoms with E-state index in [4.69, 9.17) is 22.1 Å². The Hall–Kier alpha value is -2.18. The van der Waals surface area contributed by atoms with Gasteiger partial charge in [0.05, 0.1) is 15.6 Å². The maximum Gasteiger partial charge on any atom is 0.307 e. The number of carbonyl (C=O) groups excluding carboxylic acids is 3. The van der Waals surface area contributed by atoms with Gasteiger partial charge in [0.15, 0.2) is 5.78 Å². The number of carbonyl (C=O) groups is 3. The van der Waals surface area contributed by atoms with Crippen LogP contribution in [-0.4, -0.2) is 17.7 Å². The van der Waals surface area contributed by atoms with E-state index in [1.54, 1.807) is 42.5 Å². The number of Topliss-reactive ketones (excluding diaryl/α,β-unsaturated/α-hetero) is 1. The number of esters is 1. The number of thiophene rings is 1. The summed E-state index contributed by atoms with van der Waals surface area (Å²) in [5, 5.41) is 0. The Bertz CT molecular complexity index is 714. The molecule has 0 bridgehead atoms. The standard InChI is InChI=1S/C16H14ClNO4S/c17-13-8-7-12(23-13)11(19)6-9-14(20)22-15(16(18)21)10-4-2-1-3-5-10/h1-5,7-8,15H,6,9H2,(H2,18,21)/t15-/m1/s1. The van der Waals surface area contributed by atoms with Gasteiger partial charge in [-0.1, -0.05) is 41.9 Å². The Morgan fingerprint density at radius 2 is 1.78 bits per heavy atom. The average Bonchev–Trinajstić information content (AvgIpc) is 2.97. The van der Waals surface area contributed by atoms with Crippen molar-refractivity contribution in [2.24, 2.45) is 5.73 Å². The molecule has 0 aliphatic heterocycles. The van der Waals surface area contributed by atoms with Gasteiger partial charge >= 0.3 is 5.97 Å². The van der Waals surface area contributed by atoms with Crippen molar-refractivity contribution in [2.45, 2.75) is 18.9 Å². The fourth-order valence-electron chi connectivity index (χ4n) is 1.91. The van der Waals surface area contributed by atoms with Crippen molar-refractivity contribution < 1.29 is 19.1 Å². The van der Waals surface area contributed by atoms with E-state index >= 15 is 0 Å². The van der Waals surface area contributed by atoms with E-state index in [-0.39, 0.29) is 18.6 Å². The molecule has 1 heterocycles. The van der Waals surface area contributed by atoms with E-state index in [1.165, 1.54) is 0 Å². The van der Waals surface area contributed by atoms with Crippen LogP contribution in [0.2, 0.25) is 4.34 Å². The van der Waals surface area contributed by atoms with Gasteiger partial charge in [-0.05, 0) is 12.1 Å². The van der Waals surface area contributed by atoms with Gasteiger partial charge in [0, 0.05) is 12.0 Å². The summed E-state index contributed by atoms with van der Waals surface area (Å²) in [6, 6.07) is 11.7. The Morgan fingerprint density at radius 1 is 1.09 bits per heavy atom. The van der Waals surface area contributed by atoms with Crippen LogP contribution in [0.4, 0.5) is 0 Å². The summed E-state index contributed by atoms with van der Waals surface area (Å²) >= 11 is 6.91. The van der Waals surface area contributed by atoms with E-state index in [1.807, 2.05) is 0 Å². The van der Waals surface area contributed by atoms with Crippen LogP contribution < -0.4 is 5.73 Å². The van der Waals surface area contributed by atoms with Crippen LogP contribution in [0.25, 0.3) is 0 Å². The molecule has 5 nitrogen and oxygen atoms in total. The molecule has 0 aliphatic carbocycles. The summed E-state index contributed by atoms with van der Waals surface area (Å²) in [5.41, 5.74) is 5.76. The molecule has 0 saturated carbocycles. The minimum Gasteiger partial charge on any atom is -0.447 e. The highest BCUT2D eigenvalue weighted by atomic mass is 35.5. The molecule has 1 aromatic heterocycles. The Kier molecular flexibility index (Phi) is 5.90. The summed E-state index contributed by atoms with van der Waals surface area (Å²) in [7, 11) is 0. The smallest absolute Gasteiger partial charge is 0.307 e. The number of hydrogen-bond acceptors (Lipinski definition) is 5. The molecule has 120 valence electrons. The molecule has 0 saturated heterocycles. The van der Waals surface area contributed by atoms with Gasteiger partial charge in [-0.15, -0.1) is 11.3 Å². The number of ketones is 1. The monoisotopic (exact) mass is 351 g/mol. The van der Waals surface area contributed by atoms with Crippen LogP contribution in [0.1, 0.15) is 34.2 Å². The van der Waals surface area contributed by atoms with Crippen LogP contribution in [0.5, 0.6) is 0 Å². The fraction of sp³-hybridized carbons (Fsp3) is 0.188. The van der Waals surface area contributed by atoms with Crippen LogP contribution in [0.15, 0.2) is 42.5 Å². The summed E-state index contributed by atoms with van der Waals surface area (Å²) in [6.07, 6.45) is -1.31. The molecule has 0 fully saturated rings. The van der Waals surface area contributed by atoms with Gasteiger partial charge < -0.3 is 10.5 Å². The number of primary amides is 1. The zero-order chi connectivity index (χ0) is 16.8. The maximum absolute atomic E-state index is 11.9. The van der Waals surface area contributed by atoms with Crippen molar-refractivity contribution >= 4 is 40.6 Å². The molecule has 7 heteroatoms. The fourth-order valence-corrected chi connectivity index (χ4v) is 2.92. The predicted molar refractivity (Wildman–Crippen MR) is 87.4 cm³/mol. The molecule has 0 aliphatic rings. The quantitative estimate of drug-likeness (QED) is 0.613. The molecule has 0 unspecified atom stereocenters. The minimum absolute atomic E-state index is 0.0179. The third kappa shape index (κ3) is 4.91. The zero-order valence-corrected chi connectivity index (χ0v) is 13.6. The van der Waals surface area contributed by atoms with Gasteiger partial charge in [0.25, 0.3) is 5.91 Å². The highest BCUT2D eigenvalue weighted by molar-refractivity contribution is 7.18. The summed E-state index contributed by atoms with van der Waals surface area (Å²) < 4.78 is 5.61. The lowest BCUT2D eigenvalue weighted by Gasteiger charge is -2.14. The van der Waals surface area contributed by atoms with Gasteiger partial charge in [0.1, 0.15) is 0 Å². The summed E-state index contributed by atoms with van der Waals surface area (Å²) in [5.74, 6) is -1.62. The zero-order valence-electron chi connectivity index (χ0n) is 12.0. The first-order chi connectivity index (χ1) is 11.0. The Morgan fingerprint density at radius 3 is 2.35 bits per heavy atom. The molecule has 2 rings (SSSR count). The number of rotatable bonds is 7. The topological polar surface area (TPSA) is 86.5 Å². The van der Waals surface area contributed by atoms with Crippen LogP contribution >= 0.6 is 22.9 Å². The number of nitrogens with two attached hydrogens (primary N) is 1. The third-order valence-electron chi connectivity index (χ3n) is 3.01. The van der Waals surface area contributed by atoms with Crippen molar-refractivity contribution in [2.75, 3.05) is 0 Å². The summed E-state index contributed by atoms with van der Waals surface area (Å²) in [4.78, 5) is 35.7. The maximum atomic E-state index is 11.9. The van der Waals surface area contributed by atoms with Crippen molar-refractivity contribution in [3.63, 3.8) is 0 Å². The van der Waals surface area contributed by atoms with E-state index in [9.17, 15) is 14.4 Å². The van der Waals surface area contributed by atoms with E-state index in [0.29, 0.717) is 14.8 Å². The first kappa shape index (κ1) is 17.2. The molecule has 1 amide bonds. The average molecular weight is 352 g/mol. The van der Waals surface area contributed by atoms with E-state index in [0.717, 1.165) is 11.3 Å². The second-order valence-electron chi connectivity index (χ2n) is 4.71. The van der Waals surface area contributed by atoms with Crippen LogP contribution in [0, 0.1) is 0 Å². The Balaban J connectivity index is 1.92. The molecule has 0 radical (unpaired) electrons. The number of ether oxygens (including phenoxy) is 1. The lowest BCUT2D eigenvalue weighted by Crippen LogP contribution is -2.26. The largest absolute Gasteiger partial charge is 0.447 e. The number of hydrogen-bond donors (Lipinski definition) is 1. The third-order valence-corrected chi connectivity index (χ3v) is 4.29. The number of benzene rings is 1. The molecule has 2 aromatic rings. The van der Waals surface area contributed by atoms with E-state index in [2.05, 4.69) is 0 Å². The van der Waals surface area contributed by atoms with Crippen molar-refractivity contribution in [1.82, 2.24) is 0 Å². The van der Waals surface area contributed by atoms with Crippen molar-refractivity contribution in [3.05, 3.63) is 57.2 Å². The normalized spacial score (nSPS) is 11.7. The van der Waals surface area contributed by atoms with Gasteiger partial charge in [0.2, 0.25) is 6.10 Å². The first-order valence-corrected chi connectivity index (χ1v) is 7.99. The SMILES string of the molecule is NC(=O)[C@H](OC(=O)CCC(=O)c1ccc(Cl)s1)c1ccccc1. The molecule has 0 spiro atoms. The predicted octanol–water partition coefficient (Wildman–Crippen LogP) is 3.13. The van der Waals surface area contributed by atoms with Crippen molar-refractivity contribution in [3.8, 4) is 0 Å². The molecular weight excluding hydrogens is 338 g/mol. The first-order valence-electron chi connectivity index (χ1n) is 6.79. The highest BCUT2D eigenvalue weighted by Crippen LogP contribution is 2.23. The highest BCUT2D eigenvalue weighted by Gasteiger charge is 2.22. The van der Waals surface area contributed by atoms with Gasteiger partial charge in [-0.2, -0.15) is 0 Å². The summed E-state index contributed by atoms with van der Waals surface area (Å²) in [6.45, 7) is 0. The van der Waals surface area contributed by atoms with Gasteiger partial charge in [-0.3, -0.25) is 14.4 Å². The lowest BCUT2D eigenvalue weighted by molar-refractivity contribution is -0.155. The number of amides is 1. The van der Waals surface area contributed by atoms with E-state index < -0.39 is 18.0 Å². The van der Waals surface area contributed by atoms with Crippen LogP contribution in [-0.2, 0) is 14.3 Å². The van der Waals surface area contributed by atoms with Crippen LogP contribution in [0.3, 0.4) is 0 Å². The van der Waals surface area contributed by atoms with Gasteiger partial charge in [-0.25, -0.2) is 0 Å². The molecular formula is C16H14ClNO4S. The van der Waals surface area contributed by atoms with Crippen molar-refractivity contribution in [1.29, 1.82) is 0 Å². The molecule has 1 aromatic carbocycles. The number of halogens is 1. The second kappa shape index (κ2) is 7.89. The Labute approximate surface area is 142 Å². The second-order valence-corrected chi connectivity index (χ2v) is 6.42. The lowest BCUT2D eigenvalue weighted by atomic mass is 10.1. The molecule has 1 atom stereocenters. The minimum atomic E-state index is -1.16. The molecule has 2 N–H and O–H groups in total. The molecule has 23 heavy (non-hydrogen) atoms.